The molecule has 1 aromatic carbocycles. The van der Waals surface area contributed by atoms with Crippen molar-refractivity contribution >= 4 is 5.96 Å². The lowest BCUT2D eigenvalue weighted by atomic mass is 10.1. The Balaban J connectivity index is 2.17. The SMILES string of the molecule is Cc1ccc(CN=C(N(C)C)N(C)C)c(O[C@@H]2CCOC2)c1. The van der Waals surface area contributed by atoms with Crippen molar-refractivity contribution in [3.63, 3.8) is 0 Å². The maximum Gasteiger partial charge on any atom is 0.195 e. The van der Waals surface area contributed by atoms with Crippen molar-refractivity contribution in [3.8, 4) is 5.75 Å². The normalized spacial score (nSPS) is 17.2. The first-order chi connectivity index (χ1) is 10.5. The van der Waals surface area contributed by atoms with E-state index in [2.05, 4.69) is 25.1 Å². The first-order valence-corrected chi connectivity index (χ1v) is 7.70. The van der Waals surface area contributed by atoms with E-state index in [0.29, 0.717) is 13.2 Å². The van der Waals surface area contributed by atoms with Gasteiger partial charge in [-0.3, -0.25) is 0 Å². The lowest BCUT2D eigenvalue weighted by molar-refractivity contribution is 0.140. The van der Waals surface area contributed by atoms with Crippen molar-refractivity contribution in [2.75, 3.05) is 41.4 Å². The summed E-state index contributed by atoms with van der Waals surface area (Å²) in [6.07, 6.45) is 1.11. The Hall–Kier alpha value is -1.75. The number of rotatable bonds is 4. The molecule has 1 atom stereocenters. The topological polar surface area (TPSA) is 37.3 Å². The van der Waals surface area contributed by atoms with Gasteiger partial charge in [0.25, 0.3) is 0 Å². The predicted molar refractivity (Wildman–Crippen MR) is 89.5 cm³/mol. The average Bonchev–Trinajstić information content (AvgIpc) is 2.93. The third kappa shape index (κ3) is 4.37. The number of hydrogen-bond acceptors (Lipinski definition) is 3. The molecule has 0 amide bonds. The third-order valence-electron chi connectivity index (χ3n) is 3.60. The molecule has 5 heteroatoms. The summed E-state index contributed by atoms with van der Waals surface area (Å²) in [4.78, 5) is 8.74. The van der Waals surface area contributed by atoms with Gasteiger partial charge in [0, 0.05) is 40.2 Å². The molecule has 1 fully saturated rings. The molecule has 1 heterocycles. The molecule has 0 aromatic heterocycles. The molecular weight excluding hydrogens is 278 g/mol. The van der Waals surface area contributed by atoms with Gasteiger partial charge >= 0.3 is 0 Å². The molecule has 2 rings (SSSR count). The van der Waals surface area contributed by atoms with Crippen molar-refractivity contribution in [2.24, 2.45) is 4.99 Å². The quantitative estimate of drug-likeness (QED) is 0.631. The predicted octanol–water partition coefficient (Wildman–Crippen LogP) is 2.14. The number of guanidine groups is 1. The van der Waals surface area contributed by atoms with E-state index in [1.807, 2.05) is 38.0 Å². The van der Waals surface area contributed by atoms with Gasteiger partial charge in [-0.25, -0.2) is 4.99 Å². The van der Waals surface area contributed by atoms with Gasteiger partial charge in [-0.05, 0) is 18.6 Å². The van der Waals surface area contributed by atoms with Crippen LogP contribution in [-0.2, 0) is 11.3 Å². The summed E-state index contributed by atoms with van der Waals surface area (Å²) < 4.78 is 11.5. The van der Waals surface area contributed by atoms with Crippen LogP contribution >= 0.6 is 0 Å². The molecule has 22 heavy (non-hydrogen) atoms. The van der Waals surface area contributed by atoms with Crippen LogP contribution in [0.1, 0.15) is 17.5 Å². The van der Waals surface area contributed by atoms with Gasteiger partial charge in [0.2, 0.25) is 0 Å². The van der Waals surface area contributed by atoms with Crippen molar-refractivity contribution in [1.82, 2.24) is 9.80 Å². The number of hydrogen-bond donors (Lipinski definition) is 0. The molecule has 0 aliphatic carbocycles. The van der Waals surface area contributed by atoms with Gasteiger partial charge in [-0.2, -0.15) is 0 Å². The Morgan fingerprint density at radius 2 is 2.00 bits per heavy atom. The van der Waals surface area contributed by atoms with Gasteiger partial charge in [0.05, 0.1) is 19.8 Å². The maximum atomic E-state index is 6.12. The summed E-state index contributed by atoms with van der Waals surface area (Å²) in [6, 6.07) is 6.30. The highest BCUT2D eigenvalue weighted by Crippen LogP contribution is 2.24. The summed E-state index contributed by atoms with van der Waals surface area (Å²) in [5.41, 5.74) is 2.31. The Morgan fingerprint density at radius 3 is 2.59 bits per heavy atom. The number of nitrogens with zero attached hydrogens (tertiary/aromatic N) is 3. The van der Waals surface area contributed by atoms with Crippen molar-refractivity contribution < 1.29 is 9.47 Å². The van der Waals surface area contributed by atoms with E-state index in [-0.39, 0.29) is 6.10 Å². The van der Waals surface area contributed by atoms with E-state index in [4.69, 9.17) is 14.5 Å². The van der Waals surface area contributed by atoms with E-state index in [0.717, 1.165) is 30.3 Å². The van der Waals surface area contributed by atoms with Crippen LogP contribution in [0.3, 0.4) is 0 Å². The Labute approximate surface area is 133 Å². The summed E-state index contributed by atoms with van der Waals surface area (Å²) in [5, 5.41) is 0. The minimum Gasteiger partial charge on any atom is -0.488 e. The molecule has 1 aliphatic rings. The minimum atomic E-state index is 0.159. The standard InChI is InChI=1S/C17H27N3O2/c1-13-6-7-14(11-18-17(19(2)3)20(4)5)16(10-13)22-15-8-9-21-12-15/h6-7,10,15H,8-9,11-12H2,1-5H3/t15-/m1/s1. The largest absolute Gasteiger partial charge is 0.488 e. The van der Waals surface area contributed by atoms with Crippen LogP contribution in [0.5, 0.6) is 5.75 Å². The number of benzene rings is 1. The van der Waals surface area contributed by atoms with Crippen molar-refractivity contribution in [3.05, 3.63) is 29.3 Å². The second kappa shape index (κ2) is 7.49. The van der Waals surface area contributed by atoms with Crippen LogP contribution in [0, 0.1) is 6.92 Å². The van der Waals surface area contributed by atoms with Crippen LogP contribution in [0.25, 0.3) is 0 Å². The van der Waals surface area contributed by atoms with Crippen molar-refractivity contribution in [2.45, 2.75) is 26.0 Å². The number of ether oxygens (including phenoxy) is 2. The Morgan fingerprint density at radius 1 is 1.27 bits per heavy atom. The lowest BCUT2D eigenvalue weighted by Gasteiger charge is -2.23. The van der Waals surface area contributed by atoms with Gasteiger partial charge < -0.3 is 19.3 Å². The van der Waals surface area contributed by atoms with Crippen LogP contribution in [0.2, 0.25) is 0 Å². The zero-order valence-electron chi connectivity index (χ0n) is 14.3. The second-order valence-corrected chi connectivity index (χ2v) is 6.12. The van der Waals surface area contributed by atoms with Gasteiger partial charge in [-0.15, -0.1) is 0 Å². The molecule has 1 aromatic rings. The fourth-order valence-electron chi connectivity index (χ4n) is 2.53. The van der Waals surface area contributed by atoms with Crippen LogP contribution in [0.15, 0.2) is 23.2 Å². The molecule has 5 nitrogen and oxygen atoms in total. The minimum absolute atomic E-state index is 0.159. The third-order valence-corrected chi connectivity index (χ3v) is 3.60. The van der Waals surface area contributed by atoms with E-state index in [9.17, 15) is 0 Å². The summed E-state index contributed by atoms with van der Waals surface area (Å²) in [7, 11) is 8.00. The lowest BCUT2D eigenvalue weighted by Crippen LogP contribution is -2.35. The van der Waals surface area contributed by atoms with Crippen LogP contribution in [-0.4, -0.2) is 63.3 Å². The number of aliphatic imine (C=N–C) groups is 1. The molecule has 0 bridgehead atoms. The number of aryl methyl sites for hydroxylation is 1. The smallest absolute Gasteiger partial charge is 0.195 e. The highest BCUT2D eigenvalue weighted by molar-refractivity contribution is 5.79. The first-order valence-electron chi connectivity index (χ1n) is 7.70. The molecule has 1 aliphatic heterocycles. The van der Waals surface area contributed by atoms with Crippen molar-refractivity contribution in [1.29, 1.82) is 0 Å². The van der Waals surface area contributed by atoms with E-state index < -0.39 is 0 Å². The molecule has 122 valence electrons. The molecule has 1 saturated heterocycles. The Kier molecular flexibility index (Phi) is 5.66. The molecule has 0 unspecified atom stereocenters. The van der Waals surface area contributed by atoms with Crippen LogP contribution < -0.4 is 4.74 Å². The molecule has 0 radical (unpaired) electrons. The zero-order chi connectivity index (χ0) is 16.1. The molecule has 0 saturated carbocycles. The highest BCUT2D eigenvalue weighted by Gasteiger charge is 2.18. The highest BCUT2D eigenvalue weighted by atomic mass is 16.5. The summed E-state index contributed by atoms with van der Waals surface area (Å²) in [6.45, 7) is 4.15. The zero-order valence-corrected chi connectivity index (χ0v) is 14.3. The fraction of sp³-hybridized carbons (Fsp3) is 0.588. The fourth-order valence-corrected chi connectivity index (χ4v) is 2.53. The maximum absolute atomic E-state index is 6.12. The molecule has 0 N–H and O–H groups in total. The van der Waals surface area contributed by atoms with Gasteiger partial charge in [0.1, 0.15) is 11.9 Å². The van der Waals surface area contributed by atoms with E-state index in [1.165, 1.54) is 5.56 Å². The van der Waals surface area contributed by atoms with Crippen LogP contribution in [0.4, 0.5) is 0 Å². The Bertz CT molecular complexity index is 511. The summed E-state index contributed by atoms with van der Waals surface area (Å²) >= 11 is 0. The summed E-state index contributed by atoms with van der Waals surface area (Å²) in [5.74, 6) is 1.87. The average molecular weight is 305 g/mol. The van der Waals surface area contributed by atoms with Gasteiger partial charge in [0.15, 0.2) is 5.96 Å². The van der Waals surface area contributed by atoms with Gasteiger partial charge in [-0.1, -0.05) is 12.1 Å². The molecular formula is C17H27N3O2. The van der Waals surface area contributed by atoms with E-state index >= 15 is 0 Å². The first kappa shape index (κ1) is 16.6. The second-order valence-electron chi connectivity index (χ2n) is 6.12. The monoisotopic (exact) mass is 305 g/mol. The molecule has 0 spiro atoms. The van der Waals surface area contributed by atoms with E-state index in [1.54, 1.807) is 0 Å².